The normalized spacial score (nSPS) is 23.6. The number of rotatable bonds is 8. The summed E-state index contributed by atoms with van der Waals surface area (Å²) in [5.41, 5.74) is 5.41. The molecule has 106 valence electrons. The summed E-state index contributed by atoms with van der Waals surface area (Å²) >= 11 is 0. The summed E-state index contributed by atoms with van der Waals surface area (Å²) in [6.07, 6.45) is 6.49. The van der Waals surface area contributed by atoms with E-state index in [4.69, 9.17) is 15.2 Å². The third-order valence-electron chi connectivity index (χ3n) is 3.44. The molecule has 2 N–H and O–H groups in total. The number of ether oxygens (including phenoxy) is 2. The molecule has 0 spiro atoms. The van der Waals surface area contributed by atoms with Gasteiger partial charge >= 0.3 is 0 Å². The lowest BCUT2D eigenvalue weighted by Crippen LogP contribution is -2.37. The van der Waals surface area contributed by atoms with Crippen molar-refractivity contribution in [3.05, 3.63) is 0 Å². The first-order valence-electron chi connectivity index (χ1n) is 7.19. The van der Waals surface area contributed by atoms with E-state index in [0.29, 0.717) is 12.3 Å². The van der Waals surface area contributed by atoms with Gasteiger partial charge in [0.15, 0.2) is 6.29 Å². The van der Waals surface area contributed by atoms with Gasteiger partial charge < -0.3 is 15.2 Å². The number of primary amides is 1. The first kappa shape index (κ1) is 15.4. The summed E-state index contributed by atoms with van der Waals surface area (Å²) in [7, 11) is 0. The fourth-order valence-corrected chi connectivity index (χ4v) is 2.28. The quantitative estimate of drug-likeness (QED) is 0.727. The van der Waals surface area contributed by atoms with Crippen LogP contribution in [0.5, 0.6) is 0 Å². The molecule has 0 aromatic rings. The molecule has 1 amide bonds. The lowest BCUT2D eigenvalue weighted by atomic mass is 9.97. The van der Waals surface area contributed by atoms with E-state index in [-0.39, 0.29) is 12.2 Å². The SMILES string of the molecule is CCCC[C@H](C)C[C@@H](OC1CCCCO1)C(N)=O. The number of hydrogen-bond acceptors (Lipinski definition) is 3. The third kappa shape index (κ3) is 5.83. The van der Waals surface area contributed by atoms with Gasteiger partial charge in [0.25, 0.3) is 0 Å². The minimum absolute atomic E-state index is 0.241. The molecule has 18 heavy (non-hydrogen) atoms. The summed E-state index contributed by atoms with van der Waals surface area (Å²) in [6.45, 7) is 5.04. The lowest BCUT2D eigenvalue weighted by Gasteiger charge is -2.27. The maximum atomic E-state index is 11.4. The Morgan fingerprint density at radius 1 is 1.50 bits per heavy atom. The maximum absolute atomic E-state index is 11.4. The Labute approximate surface area is 110 Å². The smallest absolute Gasteiger partial charge is 0.246 e. The zero-order chi connectivity index (χ0) is 13.4. The van der Waals surface area contributed by atoms with Gasteiger partial charge in [-0.2, -0.15) is 0 Å². The minimum Gasteiger partial charge on any atom is -0.367 e. The van der Waals surface area contributed by atoms with Crippen molar-refractivity contribution in [3.8, 4) is 0 Å². The summed E-state index contributed by atoms with van der Waals surface area (Å²) in [5, 5.41) is 0. The molecule has 0 saturated carbocycles. The highest BCUT2D eigenvalue weighted by atomic mass is 16.7. The highest BCUT2D eigenvalue weighted by Crippen LogP contribution is 2.20. The van der Waals surface area contributed by atoms with Crippen LogP contribution in [0.15, 0.2) is 0 Å². The molecule has 0 bridgehead atoms. The van der Waals surface area contributed by atoms with Gasteiger partial charge in [-0.05, 0) is 31.6 Å². The van der Waals surface area contributed by atoms with Gasteiger partial charge in [0, 0.05) is 6.61 Å². The fraction of sp³-hybridized carbons (Fsp3) is 0.929. The molecule has 3 atom stereocenters. The molecule has 0 aromatic heterocycles. The van der Waals surface area contributed by atoms with Crippen LogP contribution < -0.4 is 5.73 Å². The predicted molar refractivity (Wildman–Crippen MR) is 71.0 cm³/mol. The third-order valence-corrected chi connectivity index (χ3v) is 3.44. The van der Waals surface area contributed by atoms with Gasteiger partial charge in [-0.1, -0.05) is 33.1 Å². The topological polar surface area (TPSA) is 61.6 Å². The molecule has 1 rings (SSSR count). The van der Waals surface area contributed by atoms with E-state index in [1.807, 2.05) is 0 Å². The molecule has 1 fully saturated rings. The molecule has 0 aromatic carbocycles. The summed E-state index contributed by atoms with van der Waals surface area (Å²) < 4.78 is 11.2. The Morgan fingerprint density at radius 2 is 2.28 bits per heavy atom. The van der Waals surface area contributed by atoms with E-state index in [1.54, 1.807) is 0 Å². The van der Waals surface area contributed by atoms with Crippen LogP contribution >= 0.6 is 0 Å². The molecular weight excluding hydrogens is 230 g/mol. The number of hydrogen-bond donors (Lipinski definition) is 1. The molecule has 1 aliphatic heterocycles. The van der Waals surface area contributed by atoms with Crippen LogP contribution in [0.1, 0.15) is 58.8 Å². The molecular formula is C14H27NO3. The summed E-state index contributed by atoms with van der Waals surface area (Å²) in [5.74, 6) is 0.0959. The predicted octanol–water partition coefficient (Wildman–Crippen LogP) is 2.60. The fourth-order valence-electron chi connectivity index (χ4n) is 2.28. The van der Waals surface area contributed by atoms with E-state index in [2.05, 4.69) is 13.8 Å². The largest absolute Gasteiger partial charge is 0.367 e. The number of carbonyl (C=O) groups excluding carboxylic acids is 1. The van der Waals surface area contributed by atoms with Crippen LogP contribution in [0.2, 0.25) is 0 Å². The van der Waals surface area contributed by atoms with Gasteiger partial charge in [0.05, 0.1) is 0 Å². The second-order valence-electron chi connectivity index (χ2n) is 5.31. The second-order valence-corrected chi connectivity index (χ2v) is 5.31. The average Bonchev–Trinajstić information content (AvgIpc) is 2.36. The number of unbranched alkanes of at least 4 members (excludes halogenated alkanes) is 1. The number of carbonyl (C=O) groups is 1. The van der Waals surface area contributed by atoms with Crippen LogP contribution in [0, 0.1) is 5.92 Å². The van der Waals surface area contributed by atoms with E-state index in [0.717, 1.165) is 32.3 Å². The molecule has 1 aliphatic rings. The maximum Gasteiger partial charge on any atom is 0.246 e. The van der Waals surface area contributed by atoms with E-state index in [9.17, 15) is 4.79 Å². The van der Waals surface area contributed by atoms with Gasteiger partial charge in [0.1, 0.15) is 6.10 Å². The molecule has 0 aliphatic carbocycles. The first-order chi connectivity index (χ1) is 8.63. The van der Waals surface area contributed by atoms with E-state index in [1.165, 1.54) is 12.8 Å². The Balaban J connectivity index is 2.36. The standard InChI is InChI=1S/C14H27NO3/c1-3-4-7-11(2)10-12(14(15)16)18-13-8-5-6-9-17-13/h11-13H,3-10H2,1-2H3,(H2,15,16)/t11-,12+,13?/m0/s1. The zero-order valence-electron chi connectivity index (χ0n) is 11.7. The summed E-state index contributed by atoms with van der Waals surface area (Å²) in [6, 6.07) is 0. The molecule has 1 heterocycles. The van der Waals surface area contributed by atoms with Crippen LogP contribution in [0.25, 0.3) is 0 Å². The van der Waals surface area contributed by atoms with Crippen LogP contribution in [0.3, 0.4) is 0 Å². The lowest BCUT2D eigenvalue weighted by molar-refractivity contribution is -0.193. The van der Waals surface area contributed by atoms with Crippen molar-refractivity contribution in [1.82, 2.24) is 0 Å². The summed E-state index contributed by atoms with van der Waals surface area (Å²) in [4.78, 5) is 11.4. The Morgan fingerprint density at radius 3 is 2.83 bits per heavy atom. The first-order valence-corrected chi connectivity index (χ1v) is 7.19. The minimum atomic E-state index is -0.500. The van der Waals surface area contributed by atoms with Crippen molar-refractivity contribution in [1.29, 1.82) is 0 Å². The molecule has 1 saturated heterocycles. The van der Waals surface area contributed by atoms with Crippen LogP contribution in [-0.4, -0.2) is 24.9 Å². The zero-order valence-corrected chi connectivity index (χ0v) is 11.7. The van der Waals surface area contributed by atoms with Crippen molar-refractivity contribution in [2.24, 2.45) is 11.7 Å². The van der Waals surface area contributed by atoms with Crippen LogP contribution in [-0.2, 0) is 14.3 Å². The van der Waals surface area contributed by atoms with Crippen molar-refractivity contribution in [3.63, 3.8) is 0 Å². The number of amides is 1. The van der Waals surface area contributed by atoms with Crippen molar-refractivity contribution in [2.75, 3.05) is 6.61 Å². The van der Waals surface area contributed by atoms with Crippen molar-refractivity contribution < 1.29 is 14.3 Å². The van der Waals surface area contributed by atoms with Crippen molar-refractivity contribution >= 4 is 5.91 Å². The highest BCUT2D eigenvalue weighted by molar-refractivity contribution is 5.78. The number of nitrogens with two attached hydrogens (primary N) is 1. The average molecular weight is 257 g/mol. The second kappa shape index (κ2) is 8.48. The van der Waals surface area contributed by atoms with Gasteiger partial charge in [-0.25, -0.2) is 0 Å². The highest BCUT2D eigenvalue weighted by Gasteiger charge is 2.25. The Kier molecular flexibility index (Phi) is 7.28. The van der Waals surface area contributed by atoms with Gasteiger partial charge in [-0.15, -0.1) is 0 Å². The van der Waals surface area contributed by atoms with E-state index >= 15 is 0 Å². The monoisotopic (exact) mass is 257 g/mol. The van der Waals surface area contributed by atoms with Gasteiger partial charge in [-0.3, -0.25) is 4.79 Å². The molecule has 1 unspecified atom stereocenters. The Hall–Kier alpha value is -0.610. The van der Waals surface area contributed by atoms with Crippen molar-refractivity contribution in [2.45, 2.75) is 71.2 Å². The van der Waals surface area contributed by atoms with Crippen LogP contribution in [0.4, 0.5) is 0 Å². The Bertz CT molecular complexity index is 239. The molecule has 4 heteroatoms. The molecule has 0 radical (unpaired) electrons. The molecule has 4 nitrogen and oxygen atoms in total. The van der Waals surface area contributed by atoms with E-state index < -0.39 is 6.10 Å². The van der Waals surface area contributed by atoms with Gasteiger partial charge in [0.2, 0.25) is 5.91 Å².